The van der Waals surface area contributed by atoms with Gasteiger partial charge in [0.2, 0.25) is 9.84 Å². The van der Waals surface area contributed by atoms with Gasteiger partial charge in [-0.1, -0.05) is 19.1 Å². The van der Waals surface area contributed by atoms with E-state index >= 15 is 0 Å². The van der Waals surface area contributed by atoms with Crippen LogP contribution in [-0.4, -0.2) is 46.6 Å². The number of fused-ring (bicyclic) bond motifs is 1. The van der Waals surface area contributed by atoms with Crippen LogP contribution in [0.25, 0.3) is 11.1 Å². The zero-order valence-corrected chi connectivity index (χ0v) is 15.3. The molecular weight excluding hydrogens is 336 g/mol. The van der Waals surface area contributed by atoms with Gasteiger partial charge in [0, 0.05) is 31.2 Å². The maximum Gasteiger partial charge on any atom is 0.210 e. The van der Waals surface area contributed by atoms with Gasteiger partial charge < -0.3 is 10.1 Å². The first-order valence-corrected chi connectivity index (χ1v) is 10.1. The lowest BCUT2D eigenvalue weighted by Crippen LogP contribution is -2.45. The Morgan fingerprint density at radius 1 is 1.24 bits per heavy atom. The summed E-state index contributed by atoms with van der Waals surface area (Å²) in [6, 6.07) is 11.2. The van der Waals surface area contributed by atoms with Gasteiger partial charge in [0.1, 0.15) is 10.6 Å². The molecule has 1 atom stereocenters. The van der Waals surface area contributed by atoms with Gasteiger partial charge in [0.15, 0.2) is 0 Å². The largest absolute Gasteiger partial charge is 0.495 e. The van der Waals surface area contributed by atoms with Crippen molar-refractivity contribution in [2.45, 2.75) is 22.8 Å². The Labute approximate surface area is 148 Å². The SMILES string of the molecule is CCN1CCNCC1c1ccc(S(=O)(=O)c2cc3cc-3c2OC)cc1. The number of nitrogens with zero attached hydrogens (tertiary/aromatic N) is 1. The van der Waals surface area contributed by atoms with Crippen molar-refractivity contribution in [2.75, 3.05) is 33.3 Å². The Morgan fingerprint density at radius 2 is 2.00 bits per heavy atom. The molecule has 132 valence electrons. The van der Waals surface area contributed by atoms with Crippen molar-refractivity contribution in [3.05, 3.63) is 42.0 Å². The molecule has 0 aromatic heterocycles. The van der Waals surface area contributed by atoms with Crippen molar-refractivity contribution in [3.8, 4) is 16.9 Å². The third-order valence-corrected chi connectivity index (χ3v) is 6.89. The molecule has 3 aliphatic rings. The Hall–Kier alpha value is -1.89. The van der Waals surface area contributed by atoms with E-state index in [-0.39, 0.29) is 10.9 Å². The van der Waals surface area contributed by atoms with E-state index in [1.165, 1.54) is 7.11 Å². The van der Waals surface area contributed by atoms with Gasteiger partial charge in [0.25, 0.3) is 0 Å². The number of hydrogen-bond donors (Lipinski definition) is 1. The van der Waals surface area contributed by atoms with Crippen LogP contribution in [0.15, 0.2) is 46.2 Å². The summed E-state index contributed by atoms with van der Waals surface area (Å²) in [6.07, 6.45) is 0. The molecule has 2 aliphatic carbocycles. The summed E-state index contributed by atoms with van der Waals surface area (Å²) < 4.78 is 31.2. The highest BCUT2D eigenvalue weighted by Crippen LogP contribution is 2.49. The second-order valence-corrected chi connectivity index (χ2v) is 8.39. The number of sulfone groups is 1. The maximum absolute atomic E-state index is 12.9. The number of piperazine rings is 1. The van der Waals surface area contributed by atoms with Crippen LogP contribution in [0.4, 0.5) is 0 Å². The van der Waals surface area contributed by atoms with Crippen LogP contribution < -0.4 is 10.1 Å². The van der Waals surface area contributed by atoms with Crippen LogP contribution >= 0.6 is 0 Å². The molecule has 0 radical (unpaired) electrons. The molecule has 1 N–H and O–H groups in total. The predicted octanol–water partition coefficient (Wildman–Crippen LogP) is 2.47. The highest BCUT2D eigenvalue weighted by atomic mass is 32.2. The van der Waals surface area contributed by atoms with Crippen molar-refractivity contribution >= 4 is 9.84 Å². The first-order chi connectivity index (χ1) is 12.1. The zero-order valence-electron chi connectivity index (χ0n) is 14.5. The molecule has 0 saturated carbocycles. The summed E-state index contributed by atoms with van der Waals surface area (Å²) in [5.74, 6) is 0.465. The summed E-state index contributed by atoms with van der Waals surface area (Å²) in [4.78, 5) is 2.99. The third-order valence-electron chi connectivity index (χ3n) is 5.11. The molecule has 6 heteroatoms. The minimum Gasteiger partial charge on any atom is -0.495 e. The van der Waals surface area contributed by atoms with Crippen LogP contribution in [-0.2, 0) is 9.84 Å². The van der Waals surface area contributed by atoms with Crippen molar-refractivity contribution < 1.29 is 13.2 Å². The number of hydrogen-bond acceptors (Lipinski definition) is 5. The molecule has 1 aliphatic heterocycles. The van der Waals surface area contributed by atoms with Crippen LogP contribution in [0.1, 0.15) is 18.5 Å². The summed E-state index contributed by atoms with van der Waals surface area (Å²) in [5, 5.41) is 3.41. The molecule has 0 amide bonds. The van der Waals surface area contributed by atoms with Gasteiger partial charge >= 0.3 is 0 Å². The number of likely N-dealkylation sites (N-methyl/N-ethyl adjacent to an activating group) is 1. The molecule has 1 aromatic rings. The summed E-state index contributed by atoms with van der Waals surface area (Å²) in [7, 11) is -2.05. The van der Waals surface area contributed by atoms with E-state index in [4.69, 9.17) is 4.74 Å². The van der Waals surface area contributed by atoms with Crippen molar-refractivity contribution in [1.82, 2.24) is 10.2 Å². The van der Waals surface area contributed by atoms with E-state index in [2.05, 4.69) is 17.1 Å². The standard InChI is InChI=1S/C19H22N2O3S/c1-3-21-9-8-20-12-17(21)13-4-6-15(7-5-13)25(22,23)18-11-14-10-16(14)19(18)24-2/h4-7,10-11,17,20H,3,8-9,12H2,1-2H3. The molecule has 5 nitrogen and oxygen atoms in total. The van der Waals surface area contributed by atoms with Crippen molar-refractivity contribution in [1.29, 1.82) is 0 Å². The van der Waals surface area contributed by atoms with Crippen molar-refractivity contribution in [2.24, 2.45) is 0 Å². The summed E-state index contributed by atoms with van der Waals surface area (Å²) in [5.41, 5.74) is 3.01. The van der Waals surface area contributed by atoms with Crippen molar-refractivity contribution in [3.63, 3.8) is 0 Å². The molecule has 0 spiro atoms. The first kappa shape index (κ1) is 16.6. The zero-order chi connectivity index (χ0) is 17.6. The third kappa shape index (κ3) is 2.74. The van der Waals surface area contributed by atoms with Gasteiger partial charge in [-0.2, -0.15) is 0 Å². The molecule has 4 rings (SSSR count). The van der Waals surface area contributed by atoms with Gasteiger partial charge in [-0.05, 0) is 41.9 Å². The van der Waals surface area contributed by atoms with Gasteiger partial charge in [-0.25, -0.2) is 8.42 Å². The minimum absolute atomic E-state index is 0.268. The Morgan fingerprint density at radius 3 is 2.68 bits per heavy atom. The lowest BCUT2D eigenvalue weighted by atomic mass is 10.0. The van der Waals surface area contributed by atoms with Gasteiger partial charge in [-0.3, -0.25) is 4.90 Å². The Bertz CT molecular complexity index is 907. The predicted molar refractivity (Wildman–Crippen MR) is 96.7 cm³/mol. The van der Waals surface area contributed by atoms with E-state index in [0.29, 0.717) is 10.6 Å². The lowest BCUT2D eigenvalue weighted by Gasteiger charge is -2.35. The Kier molecular flexibility index (Phi) is 4.06. The number of nitrogens with one attached hydrogen (secondary N) is 1. The first-order valence-electron chi connectivity index (χ1n) is 8.58. The number of methoxy groups -OCH3 is 1. The monoisotopic (exact) mass is 358 g/mol. The summed E-state index contributed by atoms with van der Waals surface area (Å²) in [6.45, 7) is 6.03. The fourth-order valence-electron chi connectivity index (χ4n) is 3.63. The molecular formula is C19H22N2O3S. The molecule has 1 fully saturated rings. The lowest BCUT2D eigenvalue weighted by molar-refractivity contribution is 0.171. The van der Waals surface area contributed by atoms with E-state index in [9.17, 15) is 8.42 Å². The van der Waals surface area contributed by atoms with E-state index in [0.717, 1.165) is 42.9 Å². The number of benzene rings is 2. The second kappa shape index (κ2) is 6.12. The van der Waals surface area contributed by atoms with Crippen LogP contribution in [0.5, 0.6) is 5.75 Å². The Balaban J connectivity index is 1.64. The van der Waals surface area contributed by atoms with E-state index < -0.39 is 9.84 Å². The van der Waals surface area contributed by atoms with E-state index in [1.807, 2.05) is 18.2 Å². The van der Waals surface area contributed by atoms with Crippen LogP contribution in [0.2, 0.25) is 0 Å². The topological polar surface area (TPSA) is 58.6 Å². The van der Waals surface area contributed by atoms with Gasteiger partial charge in [0.05, 0.1) is 12.0 Å². The quantitative estimate of drug-likeness (QED) is 0.759. The smallest absolute Gasteiger partial charge is 0.210 e. The molecule has 0 bridgehead atoms. The average molecular weight is 358 g/mol. The highest BCUT2D eigenvalue weighted by Gasteiger charge is 2.32. The fourth-order valence-corrected chi connectivity index (χ4v) is 5.10. The number of ether oxygens (including phenoxy) is 1. The molecule has 1 unspecified atom stereocenters. The maximum atomic E-state index is 12.9. The molecule has 1 saturated heterocycles. The number of rotatable bonds is 5. The molecule has 25 heavy (non-hydrogen) atoms. The second-order valence-electron chi connectivity index (χ2n) is 6.48. The normalized spacial score (nSPS) is 19.7. The average Bonchev–Trinajstić information content (AvgIpc) is 3.32. The van der Waals surface area contributed by atoms with E-state index in [1.54, 1.807) is 18.2 Å². The molecule has 1 heterocycles. The fraction of sp³-hybridized carbons (Fsp3) is 0.368. The molecule has 1 aromatic carbocycles. The minimum atomic E-state index is -3.56. The summed E-state index contributed by atoms with van der Waals surface area (Å²) >= 11 is 0. The highest BCUT2D eigenvalue weighted by molar-refractivity contribution is 7.91. The van der Waals surface area contributed by atoms with Gasteiger partial charge in [-0.15, -0.1) is 0 Å². The van der Waals surface area contributed by atoms with Crippen LogP contribution in [0, 0.1) is 0 Å². The van der Waals surface area contributed by atoms with Crippen LogP contribution in [0.3, 0.4) is 0 Å².